The van der Waals surface area contributed by atoms with Crippen LogP contribution in [0.1, 0.15) is 37.2 Å². The van der Waals surface area contributed by atoms with Crippen molar-refractivity contribution in [2.45, 2.75) is 37.0 Å². The molecule has 2 heterocycles. The van der Waals surface area contributed by atoms with Gasteiger partial charge in [0.15, 0.2) is 5.44 Å². The van der Waals surface area contributed by atoms with Crippen molar-refractivity contribution in [3.8, 4) is 5.75 Å². The maximum absolute atomic E-state index is 13.8. The van der Waals surface area contributed by atoms with E-state index in [1.807, 2.05) is 6.07 Å². The SMILES string of the molecule is COc1ccc(NS(=O)(=O)C2OCC23CCC(c2ccnc4ccc(F)cc24)CC3)cc1. The summed E-state index contributed by atoms with van der Waals surface area (Å²) in [5, 5.41) is 0.837. The fourth-order valence-electron chi connectivity index (χ4n) is 5.06. The van der Waals surface area contributed by atoms with Crippen LogP contribution < -0.4 is 9.46 Å². The number of methoxy groups -OCH3 is 1. The summed E-state index contributed by atoms with van der Waals surface area (Å²) < 4.78 is 53.3. The molecule has 2 aromatic carbocycles. The summed E-state index contributed by atoms with van der Waals surface area (Å²) in [6.45, 7) is 0.444. The van der Waals surface area contributed by atoms with Crippen molar-refractivity contribution in [2.75, 3.05) is 18.4 Å². The highest BCUT2D eigenvalue weighted by Crippen LogP contribution is 2.53. The number of rotatable bonds is 5. The predicted molar refractivity (Wildman–Crippen MR) is 121 cm³/mol. The lowest BCUT2D eigenvalue weighted by molar-refractivity contribution is -0.159. The molecule has 0 radical (unpaired) electrons. The van der Waals surface area contributed by atoms with Crippen LogP contribution in [-0.4, -0.2) is 32.6 Å². The molecular weight excluding hydrogens is 431 g/mol. The van der Waals surface area contributed by atoms with Crippen molar-refractivity contribution < 1.29 is 22.3 Å². The van der Waals surface area contributed by atoms with Crippen LogP contribution in [0.2, 0.25) is 0 Å². The molecule has 32 heavy (non-hydrogen) atoms. The van der Waals surface area contributed by atoms with Gasteiger partial charge in [0.2, 0.25) is 0 Å². The first-order valence-corrected chi connectivity index (χ1v) is 12.3. The average molecular weight is 457 g/mol. The third-order valence-electron chi connectivity index (χ3n) is 6.81. The summed E-state index contributed by atoms with van der Waals surface area (Å²) in [7, 11) is -2.14. The number of ether oxygens (including phenoxy) is 2. The molecule has 1 unspecified atom stereocenters. The molecule has 1 aromatic heterocycles. The largest absolute Gasteiger partial charge is 0.497 e. The maximum Gasteiger partial charge on any atom is 0.260 e. The molecule has 1 aliphatic carbocycles. The molecule has 2 fully saturated rings. The van der Waals surface area contributed by atoms with E-state index in [9.17, 15) is 12.8 Å². The zero-order valence-corrected chi connectivity index (χ0v) is 18.6. The highest BCUT2D eigenvalue weighted by Gasteiger charge is 2.56. The van der Waals surface area contributed by atoms with Crippen molar-refractivity contribution in [1.82, 2.24) is 4.98 Å². The van der Waals surface area contributed by atoms with E-state index in [2.05, 4.69) is 9.71 Å². The highest BCUT2D eigenvalue weighted by atomic mass is 32.2. The van der Waals surface area contributed by atoms with Crippen molar-refractivity contribution in [2.24, 2.45) is 5.41 Å². The molecule has 0 amide bonds. The molecule has 3 aromatic rings. The molecule has 1 spiro atoms. The number of nitrogens with zero attached hydrogens (tertiary/aromatic N) is 1. The van der Waals surface area contributed by atoms with Crippen LogP contribution in [0, 0.1) is 11.2 Å². The lowest BCUT2D eigenvalue weighted by atomic mass is 9.67. The smallest absolute Gasteiger partial charge is 0.260 e. The van der Waals surface area contributed by atoms with Gasteiger partial charge in [-0.05, 0) is 85.7 Å². The first-order chi connectivity index (χ1) is 15.4. The summed E-state index contributed by atoms with van der Waals surface area (Å²) in [5.74, 6) is 0.625. The normalized spacial score (nSPS) is 25.4. The van der Waals surface area contributed by atoms with Crippen LogP contribution >= 0.6 is 0 Å². The molecule has 6 nitrogen and oxygen atoms in total. The second kappa shape index (κ2) is 8.01. The Hall–Kier alpha value is -2.71. The molecule has 2 aliphatic rings. The second-order valence-electron chi connectivity index (χ2n) is 8.72. The zero-order valence-electron chi connectivity index (χ0n) is 17.8. The van der Waals surface area contributed by atoms with Crippen LogP contribution in [0.5, 0.6) is 5.75 Å². The fraction of sp³-hybridized carbons (Fsp3) is 0.375. The third-order valence-corrected chi connectivity index (χ3v) is 8.53. The first-order valence-electron chi connectivity index (χ1n) is 10.7. The van der Waals surface area contributed by atoms with E-state index >= 15 is 0 Å². The minimum atomic E-state index is -3.70. The topological polar surface area (TPSA) is 77.5 Å². The number of sulfonamides is 1. The van der Waals surface area contributed by atoms with E-state index in [1.165, 1.54) is 6.07 Å². The number of hydrogen-bond donors (Lipinski definition) is 1. The number of fused-ring (bicyclic) bond motifs is 1. The number of benzene rings is 2. The first kappa shape index (κ1) is 21.2. The summed E-state index contributed by atoms with van der Waals surface area (Å²) in [6.07, 6.45) is 4.90. The second-order valence-corrected chi connectivity index (χ2v) is 10.4. The Bertz CT molecular complexity index is 1240. The van der Waals surface area contributed by atoms with Gasteiger partial charge in [-0.25, -0.2) is 12.8 Å². The molecule has 1 atom stereocenters. The molecule has 1 aliphatic heterocycles. The van der Waals surface area contributed by atoms with Gasteiger partial charge < -0.3 is 9.47 Å². The molecule has 1 N–H and O–H groups in total. The Morgan fingerprint density at radius 1 is 1.12 bits per heavy atom. The highest BCUT2D eigenvalue weighted by molar-refractivity contribution is 7.93. The number of pyridine rings is 1. The molecule has 0 bridgehead atoms. The van der Waals surface area contributed by atoms with E-state index in [-0.39, 0.29) is 17.2 Å². The van der Waals surface area contributed by atoms with Crippen molar-refractivity contribution >= 4 is 26.6 Å². The fourth-order valence-corrected chi connectivity index (χ4v) is 6.84. The van der Waals surface area contributed by atoms with Gasteiger partial charge in [-0.15, -0.1) is 0 Å². The molecule has 1 saturated carbocycles. The quantitative estimate of drug-likeness (QED) is 0.595. The number of aromatic nitrogens is 1. The number of hydrogen-bond acceptors (Lipinski definition) is 5. The van der Waals surface area contributed by atoms with E-state index in [0.717, 1.165) is 42.1 Å². The molecule has 1 saturated heterocycles. The minimum Gasteiger partial charge on any atom is -0.497 e. The Balaban J connectivity index is 1.31. The van der Waals surface area contributed by atoms with Crippen molar-refractivity contribution in [3.05, 3.63) is 66.1 Å². The lowest BCUT2D eigenvalue weighted by Crippen LogP contribution is -2.58. The van der Waals surface area contributed by atoms with Gasteiger partial charge in [-0.3, -0.25) is 9.71 Å². The number of halogens is 1. The predicted octanol–water partition coefficient (Wildman–Crippen LogP) is 4.82. The van der Waals surface area contributed by atoms with Crippen molar-refractivity contribution in [3.63, 3.8) is 0 Å². The third kappa shape index (κ3) is 3.71. The van der Waals surface area contributed by atoms with Crippen LogP contribution in [0.15, 0.2) is 54.7 Å². The van der Waals surface area contributed by atoms with E-state index < -0.39 is 15.5 Å². The summed E-state index contributed by atoms with van der Waals surface area (Å²) in [4.78, 5) is 4.35. The maximum atomic E-state index is 13.8. The summed E-state index contributed by atoms with van der Waals surface area (Å²) in [5.41, 5.74) is 1.09. The van der Waals surface area contributed by atoms with Crippen LogP contribution in [0.4, 0.5) is 10.1 Å². The lowest BCUT2D eigenvalue weighted by Gasteiger charge is -2.51. The monoisotopic (exact) mass is 456 g/mol. The average Bonchev–Trinajstić information content (AvgIpc) is 2.78. The summed E-state index contributed by atoms with van der Waals surface area (Å²) in [6, 6.07) is 13.4. The van der Waals surface area contributed by atoms with Crippen LogP contribution in [0.3, 0.4) is 0 Å². The Morgan fingerprint density at radius 3 is 2.53 bits per heavy atom. The molecule has 168 valence electrons. The number of anilines is 1. The van der Waals surface area contributed by atoms with E-state index in [1.54, 1.807) is 49.7 Å². The van der Waals surface area contributed by atoms with Gasteiger partial charge in [-0.2, -0.15) is 0 Å². The van der Waals surface area contributed by atoms with E-state index in [4.69, 9.17) is 9.47 Å². The van der Waals surface area contributed by atoms with Gasteiger partial charge in [0.05, 0.1) is 19.2 Å². The van der Waals surface area contributed by atoms with Crippen molar-refractivity contribution in [1.29, 1.82) is 0 Å². The molecule has 8 heteroatoms. The molecular formula is C24H25FN2O4S. The van der Waals surface area contributed by atoms with E-state index in [0.29, 0.717) is 18.0 Å². The minimum absolute atomic E-state index is 0.242. The Morgan fingerprint density at radius 2 is 1.88 bits per heavy atom. The van der Waals surface area contributed by atoms with Gasteiger partial charge in [0, 0.05) is 22.7 Å². The van der Waals surface area contributed by atoms with Gasteiger partial charge >= 0.3 is 0 Å². The van der Waals surface area contributed by atoms with Gasteiger partial charge in [-0.1, -0.05) is 0 Å². The van der Waals surface area contributed by atoms with Gasteiger partial charge in [0.25, 0.3) is 10.0 Å². The summed E-state index contributed by atoms with van der Waals surface area (Å²) >= 11 is 0. The zero-order chi connectivity index (χ0) is 22.3. The van der Waals surface area contributed by atoms with Crippen LogP contribution in [-0.2, 0) is 14.8 Å². The van der Waals surface area contributed by atoms with Gasteiger partial charge in [0.1, 0.15) is 11.6 Å². The molecule has 5 rings (SSSR count). The standard InChI is InChI=1S/C24H25FN2O4S/c1-30-19-5-3-18(4-6-19)27-32(28,29)23-24(15-31-23)11-8-16(9-12-24)20-10-13-26-22-7-2-17(25)14-21(20)22/h2-7,10,13-14,16,23,27H,8-9,11-12,15H2,1H3. The van der Waals surface area contributed by atoms with Crippen LogP contribution in [0.25, 0.3) is 10.9 Å². The number of nitrogens with one attached hydrogen (secondary N) is 1. The Labute approximate surface area is 186 Å². The Kier molecular flexibility index (Phi) is 5.29.